The van der Waals surface area contributed by atoms with Gasteiger partial charge < -0.3 is 10.4 Å². The number of β-lactam (4-membered cyclic amide) rings is 1. The summed E-state index contributed by atoms with van der Waals surface area (Å²) in [5.41, 5.74) is 1.26. The number of aryl methyl sites for hydroxylation is 1. The first-order valence-electron chi connectivity index (χ1n) is 6.49. The van der Waals surface area contributed by atoms with Crippen LogP contribution in [0.1, 0.15) is 18.4 Å². The summed E-state index contributed by atoms with van der Waals surface area (Å²) < 4.78 is 0. The van der Waals surface area contributed by atoms with Crippen molar-refractivity contribution in [2.45, 2.75) is 25.3 Å². The average molecular weight is 262 g/mol. The van der Waals surface area contributed by atoms with Crippen LogP contribution in [-0.4, -0.2) is 41.1 Å². The second-order valence-corrected chi connectivity index (χ2v) is 4.68. The largest absolute Gasteiger partial charge is 0.465 e. The Balaban J connectivity index is 1.74. The fraction of sp³-hybridized carbons (Fsp3) is 0.429. The van der Waals surface area contributed by atoms with Crippen molar-refractivity contribution in [3.63, 3.8) is 0 Å². The van der Waals surface area contributed by atoms with Gasteiger partial charge >= 0.3 is 6.09 Å². The average Bonchev–Trinajstić information content (AvgIpc) is 2.41. The number of nitrogens with one attached hydrogen (secondary N) is 1. The molecule has 1 saturated heterocycles. The van der Waals surface area contributed by atoms with Gasteiger partial charge in [-0.1, -0.05) is 30.3 Å². The van der Waals surface area contributed by atoms with E-state index in [2.05, 4.69) is 17.4 Å². The van der Waals surface area contributed by atoms with E-state index in [-0.39, 0.29) is 5.91 Å². The van der Waals surface area contributed by atoms with Gasteiger partial charge in [-0.15, -0.1) is 0 Å². The number of carbonyl (C=O) groups is 2. The smallest absolute Gasteiger partial charge is 0.408 e. The van der Waals surface area contributed by atoms with Crippen LogP contribution >= 0.6 is 0 Å². The Hall–Kier alpha value is -2.04. The highest BCUT2D eigenvalue weighted by molar-refractivity contribution is 5.90. The zero-order chi connectivity index (χ0) is 13.7. The summed E-state index contributed by atoms with van der Waals surface area (Å²) in [7, 11) is 0. The van der Waals surface area contributed by atoms with Crippen molar-refractivity contribution in [2.24, 2.45) is 0 Å². The summed E-state index contributed by atoms with van der Waals surface area (Å²) in [4.78, 5) is 23.5. The van der Waals surface area contributed by atoms with Gasteiger partial charge in [0.1, 0.15) is 6.04 Å². The van der Waals surface area contributed by atoms with Crippen molar-refractivity contribution in [3.05, 3.63) is 35.9 Å². The maximum absolute atomic E-state index is 11.2. The highest BCUT2D eigenvalue weighted by Gasteiger charge is 2.35. The first-order valence-corrected chi connectivity index (χ1v) is 6.49. The SMILES string of the molecule is O=C1NCC1N(CCCCc1ccccc1)C(=O)O. The fourth-order valence-electron chi connectivity index (χ4n) is 2.17. The third-order valence-electron chi connectivity index (χ3n) is 3.35. The lowest BCUT2D eigenvalue weighted by Gasteiger charge is -2.34. The minimum atomic E-state index is -1.01. The van der Waals surface area contributed by atoms with E-state index in [1.807, 2.05) is 18.2 Å². The standard InChI is InChI=1S/C14H18N2O3/c17-13-12(10-15-13)16(14(18)19)9-5-4-8-11-6-2-1-3-7-11/h1-3,6-7,12H,4-5,8-10H2,(H,15,17)(H,18,19). The molecule has 0 aliphatic carbocycles. The Bertz CT molecular complexity index is 447. The molecule has 102 valence electrons. The van der Waals surface area contributed by atoms with Crippen molar-refractivity contribution in [1.82, 2.24) is 10.2 Å². The summed E-state index contributed by atoms with van der Waals surface area (Å²) in [6.07, 6.45) is 1.61. The van der Waals surface area contributed by atoms with Gasteiger partial charge in [-0.05, 0) is 24.8 Å². The first kappa shape index (κ1) is 13.4. The molecule has 0 aromatic heterocycles. The van der Waals surface area contributed by atoms with E-state index in [0.717, 1.165) is 19.3 Å². The molecule has 2 N–H and O–H groups in total. The predicted octanol–water partition coefficient (Wildman–Crippen LogP) is 1.49. The van der Waals surface area contributed by atoms with Gasteiger partial charge in [0.2, 0.25) is 5.91 Å². The van der Waals surface area contributed by atoms with Gasteiger partial charge in [0.25, 0.3) is 0 Å². The molecule has 19 heavy (non-hydrogen) atoms. The number of hydrogen-bond donors (Lipinski definition) is 2. The first-order chi connectivity index (χ1) is 9.18. The number of unbranched alkanes of at least 4 members (excludes halogenated alkanes) is 1. The molecule has 0 spiro atoms. The topological polar surface area (TPSA) is 69.6 Å². The maximum Gasteiger partial charge on any atom is 0.408 e. The molecule has 2 amide bonds. The van der Waals surface area contributed by atoms with E-state index in [4.69, 9.17) is 5.11 Å². The minimum absolute atomic E-state index is 0.189. The molecule has 0 bridgehead atoms. The lowest BCUT2D eigenvalue weighted by Crippen LogP contribution is -2.63. The third kappa shape index (κ3) is 3.47. The van der Waals surface area contributed by atoms with Crippen molar-refractivity contribution in [2.75, 3.05) is 13.1 Å². The van der Waals surface area contributed by atoms with Gasteiger partial charge in [0, 0.05) is 13.1 Å². The van der Waals surface area contributed by atoms with Crippen LogP contribution in [-0.2, 0) is 11.2 Å². The molecule has 1 unspecified atom stereocenters. The Labute approximate surface area is 112 Å². The second kappa shape index (κ2) is 6.22. The summed E-state index contributed by atoms with van der Waals surface area (Å²) in [5.74, 6) is -0.189. The molecule has 1 aromatic rings. The summed E-state index contributed by atoms with van der Waals surface area (Å²) in [6.45, 7) is 0.851. The Morgan fingerprint density at radius 1 is 1.32 bits per heavy atom. The summed E-state index contributed by atoms with van der Waals surface area (Å²) in [6, 6.07) is 9.61. The van der Waals surface area contributed by atoms with Crippen molar-refractivity contribution in [1.29, 1.82) is 0 Å². The maximum atomic E-state index is 11.2. The van der Waals surface area contributed by atoms with Gasteiger partial charge in [-0.2, -0.15) is 0 Å². The molecular weight excluding hydrogens is 244 g/mol. The van der Waals surface area contributed by atoms with Crippen molar-refractivity contribution >= 4 is 12.0 Å². The molecule has 1 aromatic carbocycles. The quantitative estimate of drug-likeness (QED) is 0.602. The molecule has 1 aliphatic heterocycles. The van der Waals surface area contributed by atoms with Crippen LogP contribution in [0.3, 0.4) is 0 Å². The van der Waals surface area contributed by atoms with Crippen LogP contribution in [0.2, 0.25) is 0 Å². The van der Waals surface area contributed by atoms with Crippen LogP contribution in [0.5, 0.6) is 0 Å². The van der Waals surface area contributed by atoms with E-state index in [0.29, 0.717) is 13.1 Å². The highest BCUT2D eigenvalue weighted by Crippen LogP contribution is 2.10. The lowest BCUT2D eigenvalue weighted by molar-refractivity contribution is -0.132. The molecule has 1 aliphatic rings. The molecule has 1 fully saturated rings. The number of benzene rings is 1. The van der Waals surface area contributed by atoms with Crippen LogP contribution in [0.4, 0.5) is 4.79 Å². The minimum Gasteiger partial charge on any atom is -0.465 e. The summed E-state index contributed by atoms with van der Waals surface area (Å²) >= 11 is 0. The van der Waals surface area contributed by atoms with E-state index in [1.165, 1.54) is 10.5 Å². The molecule has 1 atom stereocenters. The Morgan fingerprint density at radius 2 is 2.05 bits per heavy atom. The van der Waals surface area contributed by atoms with E-state index in [1.54, 1.807) is 0 Å². The molecule has 1 heterocycles. The number of carbonyl (C=O) groups excluding carboxylic acids is 1. The van der Waals surface area contributed by atoms with Crippen LogP contribution < -0.4 is 5.32 Å². The number of carboxylic acid groups (broad SMARTS) is 1. The highest BCUT2D eigenvalue weighted by atomic mass is 16.4. The molecular formula is C14H18N2O3. The van der Waals surface area contributed by atoms with Crippen LogP contribution in [0.15, 0.2) is 30.3 Å². The molecule has 5 nitrogen and oxygen atoms in total. The van der Waals surface area contributed by atoms with Gasteiger partial charge in [-0.25, -0.2) is 4.79 Å². The van der Waals surface area contributed by atoms with E-state index < -0.39 is 12.1 Å². The van der Waals surface area contributed by atoms with Crippen molar-refractivity contribution in [3.8, 4) is 0 Å². The second-order valence-electron chi connectivity index (χ2n) is 4.68. The number of nitrogens with zero attached hydrogens (tertiary/aromatic N) is 1. The van der Waals surface area contributed by atoms with E-state index in [9.17, 15) is 9.59 Å². The van der Waals surface area contributed by atoms with Gasteiger partial charge in [0.05, 0.1) is 0 Å². The monoisotopic (exact) mass is 262 g/mol. The van der Waals surface area contributed by atoms with Gasteiger partial charge in [0.15, 0.2) is 0 Å². The molecule has 2 rings (SSSR count). The molecule has 0 saturated carbocycles. The number of amides is 2. The molecule has 0 radical (unpaired) electrons. The van der Waals surface area contributed by atoms with Crippen molar-refractivity contribution < 1.29 is 14.7 Å². The Morgan fingerprint density at radius 3 is 2.58 bits per heavy atom. The van der Waals surface area contributed by atoms with Crippen LogP contribution in [0.25, 0.3) is 0 Å². The normalized spacial score (nSPS) is 17.5. The third-order valence-corrected chi connectivity index (χ3v) is 3.35. The number of rotatable bonds is 6. The van der Waals surface area contributed by atoms with E-state index >= 15 is 0 Å². The zero-order valence-electron chi connectivity index (χ0n) is 10.7. The number of hydrogen-bond acceptors (Lipinski definition) is 2. The fourth-order valence-corrected chi connectivity index (χ4v) is 2.17. The lowest BCUT2D eigenvalue weighted by atomic mass is 10.1. The van der Waals surface area contributed by atoms with Gasteiger partial charge in [-0.3, -0.25) is 9.69 Å². The predicted molar refractivity (Wildman–Crippen MR) is 70.9 cm³/mol. The Kier molecular flexibility index (Phi) is 4.39. The molecule has 5 heteroatoms. The zero-order valence-corrected chi connectivity index (χ0v) is 10.7. The van der Waals surface area contributed by atoms with Crippen LogP contribution in [0, 0.1) is 0 Å². The summed E-state index contributed by atoms with van der Waals surface area (Å²) in [5, 5.41) is 11.7.